The third-order valence-corrected chi connectivity index (χ3v) is 3.83. The maximum absolute atomic E-state index is 12.1. The van der Waals surface area contributed by atoms with E-state index in [1.165, 1.54) is 5.69 Å². The van der Waals surface area contributed by atoms with E-state index in [0.717, 1.165) is 31.9 Å². The van der Waals surface area contributed by atoms with Gasteiger partial charge in [-0.2, -0.15) is 0 Å². The topological polar surface area (TPSA) is 54.0 Å². The second-order valence-electron chi connectivity index (χ2n) is 5.24. The molecular weight excluding hydrogens is 282 g/mol. The Balaban J connectivity index is 1.75. The minimum atomic E-state index is 0.158. The quantitative estimate of drug-likeness (QED) is 0.747. The van der Waals surface area contributed by atoms with Gasteiger partial charge in [0.15, 0.2) is 0 Å². The summed E-state index contributed by atoms with van der Waals surface area (Å²) in [5, 5.41) is 3.10. The number of piperazine rings is 1. The molecule has 6 nitrogen and oxygen atoms in total. The number of carbonyl (C=O) groups excluding carboxylic acids is 1. The van der Waals surface area contributed by atoms with E-state index < -0.39 is 0 Å². The van der Waals surface area contributed by atoms with Crippen LogP contribution in [0.3, 0.4) is 0 Å². The number of benzene rings is 1. The van der Waals surface area contributed by atoms with Gasteiger partial charge in [-0.05, 0) is 24.3 Å². The first kappa shape index (κ1) is 16.6. The highest BCUT2D eigenvalue weighted by molar-refractivity contribution is 5.78. The number of amides is 1. The third kappa shape index (κ3) is 4.61. The molecule has 0 bridgehead atoms. The summed E-state index contributed by atoms with van der Waals surface area (Å²) >= 11 is 0. The molecule has 2 rings (SSSR count). The second-order valence-corrected chi connectivity index (χ2v) is 5.24. The van der Waals surface area contributed by atoms with Crippen molar-refractivity contribution in [2.45, 2.75) is 0 Å². The van der Waals surface area contributed by atoms with Gasteiger partial charge in [-0.1, -0.05) is 0 Å². The summed E-state index contributed by atoms with van der Waals surface area (Å²) in [6.07, 6.45) is 0. The molecule has 6 heteroatoms. The van der Waals surface area contributed by atoms with Gasteiger partial charge in [0.05, 0.1) is 20.3 Å². The molecule has 0 saturated carbocycles. The first-order valence-electron chi connectivity index (χ1n) is 7.61. The normalized spacial score (nSPS) is 15.0. The van der Waals surface area contributed by atoms with Crippen molar-refractivity contribution >= 4 is 11.6 Å². The van der Waals surface area contributed by atoms with Crippen LogP contribution < -0.4 is 15.0 Å². The van der Waals surface area contributed by atoms with Gasteiger partial charge in [-0.25, -0.2) is 0 Å². The Hall–Kier alpha value is -1.79. The minimum absolute atomic E-state index is 0.158. The lowest BCUT2D eigenvalue weighted by Gasteiger charge is -2.36. The summed E-state index contributed by atoms with van der Waals surface area (Å²) in [7, 11) is 3.32. The fourth-order valence-electron chi connectivity index (χ4n) is 2.49. The maximum atomic E-state index is 12.1. The van der Waals surface area contributed by atoms with E-state index in [2.05, 4.69) is 22.3 Å². The Morgan fingerprint density at radius 3 is 2.41 bits per heavy atom. The largest absolute Gasteiger partial charge is 0.497 e. The summed E-state index contributed by atoms with van der Waals surface area (Å²) in [6.45, 7) is 4.94. The van der Waals surface area contributed by atoms with Gasteiger partial charge < -0.3 is 24.6 Å². The zero-order valence-electron chi connectivity index (χ0n) is 13.4. The van der Waals surface area contributed by atoms with Gasteiger partial charge in [0, 0.05) is 45.5 Å². The van der Waals surface area contributed by atoms with Crippen LogP contribution in [0.1, 0.15) is 0 Å². The molecule has 0 spiro atoms. The van der Waals surface area contributed by atoms with Crippen LogP contribution in [0.25, 0.3) is 0 Å². The van der Waals surface area contributed by atoms with Crippen LogP contribution in [0.15, 0.2) is 24.3 Å². The Labute approximate surface area is 132 Å². The molecule has 1 aromatic carbocycles. The Morgan fingerprint density at radius 2 is 1.82 bits per heavy atom. The van der Waals surface area contributed by atoms with E-state index in [9.17, 15) is 4.79 Å². The van der Waals surface area contributed by atoms with E-state index >= 15 is 0 Å². The molecule has 0 unspecified atom stereocenters. The number of hydrogen-bond donors (Lipinski definition) is 1. The molecular formula is C16H25N3O3. The van der Waals surface area contributed by atoms with Crippen molar-refractivity contribution in [1.82, 2.24) is 10.2 Å². The zero-order valence-corrected chi connectivity index (χ0v) is 13.4. The SMILES string of the molecule is COCCNCC(=O)N1CCN(c2ccc(OC)cc2)CC1. The van der Waals surface area contributed by atoms with Crippen molar-refractivity contribution in [2.24, 2.45) is 0 Å². The zero-order chi connectivity index (χ0) is 15.8. The van der Waals surface area contributed by atoms with E-state index in [4.69, 9.17) is 9.47 Å². The lowest BCUT2D eigenvalue weighted by atomic mass is 10.2. The van der Waals surface area contributed by atoms with Crippen LogP contribution in [0.4, 0.5) is 5.69 Å². The van der Waals surface area contributed by atoms with Crippen LogP contribution in [-0.2, 0) is 9.53 Å². The van der Waals surface area contributed by atoms with E-state index in [0.29, 0.717) is 19.7 Å². The molecule has 1 saturated heterocycles. The van der Waals surface area contributed by atoms with Crippen molar-refractivity contribution in [3.63, 3.8) is 0 Å². The fourth-order valence-corrected chi connectivity index (χ4v) is 2.49. The summed E-state index contributed by atoms with van der Waals surface area (Å²) in [5.41, 5.74) is 1.17. The number of ether oxygens (including phenoxy) is 2. The van der Waals surface area contributed by atoms with E-state index in [-0.39, 0.29) is 5.91 Å². The fraction of sp³-hybridized carbons (Fsp3) is 0.562. The highest BCUT2D eigenvalue weighted by atomic mass is 16.5. The third-order valence-electron chi connectivity index (χ3n) is 3.83. The molecule has 1 amide bonds. The van der Waals surface area contributed by atoms with Crippen molar-refractivity contribution in [1.29, 1.82) is 0 Å². The molecule has 0 aromatic heterocycles. The van der Waals surface area contributed by atoms with E-state index in [1.54, 1.807) is 14.2 Å². The predicted octanol–water partition coefficient (Wildman–Crippen LogP) is 0.580. The number of anilines is 1. The summed E-state index contributed by atoms with van der Waals surface area (Å²) in [5.74, 6) is 1.02. The molecule has 1 heterocycles. The molecule has 1 aliphatic rings. The molecule has 1 aromatic rings. The van der Waals surface area contributed by atoms with Gasteiger partial charge in [-0.15, -0.1) is 0 Å². The smallest absolute Gasteiger partial charge is 0.236 e. The average Bonchev–Trinajstić information content (AvgIpc) is 2.59. The van der Waals surface area contributed by atoms with Crippen LogP contribution >= 0.6 is 0 Å². The summed E-state index contributed by atoms with van der Waals surface area (Å²) in [4.78, 5) is 16.3. The van der Waals surface area contributed by atoms with Crippen molar-refractivity contribution in [3.05, 3.63) is 24.3 Å². The first-order valence-corrected chi connectivity index (χ1v) is 7.61. The number of hydrogen-bond acceptors (Lipinski definition) is 5. The molecule has 22 heavy (non-hydrogen) atoms. The van der Waals surface area contributed by atoms with Crippen molar-refractivity contribution in [2.75, 3.05) is 65.0 Å². The highest BCUT2D eigenvalue weighted by Crippen LogP contribution is 2.20. The van der Waals surface area contributed by atoms with Crippen LogP contribution in [0.5, 0.6) is 5.75 Å². The maximum Gasteiger partial charge on any atom is 0.236 e. The lowest BCUT2D eigenvalue weighted by Crippen LogP contribution is -2.51. The van der Waals surface area contributed by atoms with Crippen molar-refractivity contribution in [3.8, 4) is 5.75 Å². The second kappa shape index (κ2) is 8.60. The van der Waals surface area contributed by atoms with Crippen LogP contribution in [-0.4, -0.2) is 70.9 Å². The van der Waals surface area contributed by atoms with E-state index in [1.807, 2.05) is 17.0 Å². The average molecular weight is 307 g/mol. The van der Waals surface area contributed by atoms with Crippen LogP contribution in [0.2, 0.25) is 0 Å². The number of nitrogens with one attached hydrogen (secondary N) is 1. The molecule has 122 valence electrons. The Morgan fingerprint density at radius 1 is 1.14 bits per heavy atom. The highest BCUT2D eigenvalue weighted by Gasteiger charge is 2.20. The number of methoxy groups -OCH3 is 2. The monoisotopic (exact) mass is 307 g/mol. The minimum Gasteiger partial charge on any atom is -0.497 e. The number of carbonyl (C=O) groups is 1. The predicted molar refractivity (Wildman–Crippen MR) is 86.5 cm³/mol. The van der Waals surface area contributed by atoms with Gasteiger partial charge in [0.2, 0.25) is 5.91 Å². The molecule has 0 radical (unpaired) electrons. The molecule has 0 atom stereocenters. The van der Waals surface area contributed by atoms with Gasteiger partial charge in [-0.3, -0.25) is 4.79 Å². The summed E-state index contributed by atoms with van der Waals surface area (Å²) < 4.78 is 10.1. The Bertz CT molecular complexity index is 456. The molecule has 1 N–H and O–H groups in total. The Kier molecular flexibility index (Phi) is 6.48. The number of rotatable bonds is 7. The first-order chi connectivity index (χ1) is 10.7. The molecule has 0 aliphatic carbocycles. The van der Waals surface area contributed by atoms with Gasteiger partial charge in [0.25, 0.3) is 0 Å². The van der Waals surface area contributed by atoms with Gasteiger partial charge in [0.1, 0.15) is 5.75 Å². The van der Waals surface area contributed by atoms with Crippen LogP contribution in [0, 0.1) is 0 Å². The lowest BCUT2D eigenvalue weighted by molar-refractivity contribution is -0.130. The standard InChI is InChI=1S/C16H25N3O3/c1-21-12-7-17-13-16(20)19-10-8-18(9-11-19)14-3-5-15(22-2)6-4-14/h3-6,17H,7-13H2,1-2H3. The molecule has 1 fully saturated rings. The van der Waals surface area contributed by atoms with Gasteiger partial charge >= 0.3 is 0 Å². The number of nitrogens with zero attached hydrogens (tertiary/aromatic N) is 2. The van der Waals surface area contributed by atoms with Crippen molar-refractivity contribution < 1.29 is 14.3 Å². The molecule has 1 aliphatic heterocycles. The summed E-state index contributed by atoms with van der Waals surface area (Å²) in [6, 6.07) is 8.05.